The molecular weight excluding hydrogens is 408 g/mol. The number of hydrogen-bond acceptors (Lipinski definition) is 0. The summed E-state index contributed by atoms with van der Waals surface area (Å²) in [6.45, 7) is 9.43. The zero-order valence-electron chi connectivity index (χ0n) is 13.4. The van der Waals surface area contributed by atoms with Gasteiger partial charge in [-0.15, -0.1) is 0 Å². The van der Waals surface area contributed by atoms with E-state index in [0.717, 1.165) is 3.63 Å². The number of nitrogens with one attached hydrogen (secondary N) is 1. The Morgan fingerprint density at radius 1 is 1.09 bits per heavy atom. The molecule has 0 spiro atoms. The Morgan fingerprint density at radius 2 is 1.77 bits per heavy atom. The minimum absolute atomic E-state index is 0. The van der Waals surface area contributed by atoms with Crippen molar-refractivity contribution in [1.82, 2.24) is 4.98 Å². The van der Waals surface area contributed by atoms with Crippen molar-refractivity contribution >= 4 is 18.3 Å². The molecular formula is C17H21Cl2NSiZr. The van der Waals surface area contributed by atoms with Crippen molar-refractivity contribution in [2.75, 3.05) is 0 Å². The van der Waals surface area contributed by atoms with E-state index in [1.807, 2.05) is 0 Å². The molecule has 0 saturated carbocycles. The van der Waals surface area contributed by atoms with Crippen LogP contribution in [0.1, 0.15) is 25.9 Å². The van der Waals surface area contributed by atoms with E-state index in [9.17, 15) is 0 Å². The molecule has 0 amide bonds. The van der Waals surface area contributed by atoms with Crippen LogP contribution in [-0.2, 0) is 23.2 Å². The van der Waals surface area contributed by atoms with Gasteiger partial charge in [-0.25, -0.2) is 0 Å². The van der Waals surface area contributed by atoms with Crippen LogP contribution in [-0.4, -0.2) is 13.8 Å². The van der Waals surface area contributed by atoms with Crippen molar-refractivity contribution in [3.05, 3.63) is 57.9 Å². The van der Waals surface area contributed by atoms with E-state index < -0.39 is 32.0 Å². The van der Waals surface area contributed by atoms with Crippen LogP contribution in [0.3, 0.4) is 0 Å². The normalized spacial score (nSPS) is 15.5. The Kier molecular flexibility index (Phi) is 7.39. The van der Waals surface area contributed by atoms with Gasteiger partial charge in [0, 0.05) is 0 Å². The summed E-state index contributed by atoms with van der Waals surface area (Å²) in [6, 6.07) is 9.02. The van der Waals surface area contributed by atoms with Gasteiger partial charge in [0.1, 0.15) is 0 Å². The number of rotatable bonds is 3. The average Bonchev–Trinajstić information content (AvgIpc) is 2.95. The second-order valence-electron chi connectivity index (χ2n) is 5.98. The zero-order valence-corrected chi connectivity index (χ0v) is 18.5. The van der Waals surface area contributed by atoms with Crippen LogP contribution in [0, 0.1) is 13.8 Å². The van der Waals surface area contributed by atoms with E-state index in [-0.39, 0.29) is 24.8 Å². The van der Waals surface area contributed by atoms with Crippen LogP contribution in [0.4, 0.5) is 0 Å². The van der Waals surface area contributed by atoms with Crippen molar-refractivity contribution in [1.29, 1.82) is 0 Å². The summed E-state index contributed by atoms with van der Waals surface area (Å²) >= 11 is -0.656. The maximum absolute atomic E-state index is 3.55. The molecule has 1 aromatic carbocycles. The minimum atomic E-state index is -0.728. The Balaban J connectivity index is 0.00000121. The maximum Gasteiger partial charge on any atom is -1.00 e. The molecule has 3 rings (SSSR count). The molecule has 1 nitrogen and oxygen atoms in total. The van der Waals surface area contributed by atoms with Crippen molar-refractivity contribution in [2.24, 2.45) is 0 Å². The molecule has 1 unspecified atom stereocenters. The Hall–Kier alpha value is -0.0800. The van der Waals surface area contributed by atoms with E-state index in [1.54, 1.807) is 14.2 Å². The van der Waals surface area contributed by atoms with Gasteiger partial charge >= 0.3 is 135 Å². The molecule has 5 heteroatoms. The summed E-state index contributed by atoms with van der Waals surface area (Å²) in [5.74, 6) is 0. The van der Waals surface area contributed by atoms with Crippen molar-refractivity contribution in [2.45, 2.75) is 30.6 Å². The molecule has 1 aliphatic carbocycles. The SMILES string of the molecule is Cc1c[nH][c]([Zr+2][CH]2C([SiH](C)C)=Cc3ccccc32)c1C.[Cl-].[Cl-]. The first-order valence-corrected chi connectivity index (χ1v) is 12.8. The minimum Gasteiger partial charge on any atom is -1.00 e. The summed E-state index contributed by atoms with van der Waals surface area (Å²) < 4.78 is 2.34. The van der Waals surface area contributed by atoms with Crippen molar-refractivity contribution in [3.63, 3.8) is 0 Å². The van der Waals surface area contributed by atoms with Gasteiger partial charge in [0.15, 0.2) is 0 Å². The molecule has 0 bridgehead atoms. The molecule has 2 aromatic rings. The first-order valence-electron chi connectivity index (χ1n) is 7.29. The second kappa shape index (κ2) is 8.15. The third kappa shape index (κ3) is 3.70. The predicted octanol–water partition coefficient (Wildman–Crippen LogP) is -2.49. The number of aromatic amines is 1. The molecule has 0 fully saturated rings. The van der Waals surface area contributed by atoms with Gasteiger partial charge in [-0.3, -0.25) is 0 Å². The van der Waals surface area contributed by atoms with E-state index >= 15 is 0 Å². The maximum atomic E-state index is 3.55. The quantitative estimate of drug-likeness (QED) is 0.520. The number of aryl methyl sites for hydroxylation is 1. The number of halogens is 2. The topological polar surface area (TPSA) is 15.8 Å². The molecule has 0 aliphatic heterocycles. The monoisotopic (exact) mass is 427 g/mol. The Bertz CT molecular complexity index is 679. The van der Waals surface area contributed by atoms with Gasteiger partial charge in [-0.1, -0.05) is 0 Å². The third-order valence-electron chi connectivity index (χ3n) is 4.32. The first-order chi connectivity index (χ1) is 9.58. The largest absolute Gasteiger partial charge is 1.00 e. The standard InChI is InChI=1S/C11H13Si.C6H8N.2ClH.Zr/c1-12(2)11-7-9-5-3-4-6-10(9)8-11;1-5-3-7-4-6(5)2;;;/h3-8,12H,1-2H3;3,7H,1-2H3;2*1H;/q;;;;+2/p-2. The number of fused-ring (bicyclic) bond motifs is 1. The van der Waals surface area contributed by atoms with Gasteiger partial charge in [0.25, 0.3) is 0 Å². The molecule has 22 heavy (non-hydrogen) atoms. The Labute approximate surface area is 159 Å². The molecule has 0 radical (unpaired) electrons. The number of allylic oxidation sites excluding steroid dienone is 1. The van der Waals surface area contributed by atoms with Gasteiger partial charge in [-0.2, -0.15) is 0 Å². The van der Waals surface area contributed by atoms with E-state index in [2.05, 4.69) is 68.5 Å². The summed E-state index contributed by atoms with van der Waals surface area (Å²) in [5, 5.41) is 1.78. The van der Waals surface area contributed by atoms with E-state index in [0.29, 0.717) is 0 Å². The Morgan fingerprint density at radius 3 is 2.36 bits per heavy atom. The van der Waals surface area contributed by atoms with Crippen LogP contribution in [0.2, 0.25) is 13.1 Å². The third-order valence-corrected chi connectivity index (χ3v) is 11.2. The number of aromatic nitrogens is 1. The van der Waals surface area contributed by atoms with Gasteiger partial charge in [0.05, 0.1) is 0 Å². The van der Waals surface area contributed by atoms with Crippen LogP contribution >= 0.6 is 0 Å². The van der Waals surface area contributed by atoms with Crippen LogP contribution < -0.4 is 28.2 Å². The van der Waals surface area contributed by atoms with Gasteiger partial charge < -0.3 is 24.8 Å². The summed E-state index contributed by atoms with van der Waals surface area (Å²) in [6.07, 6.45) is 4.69. The fraction of sp³-hybridized carbons (Fsp3) is 0.294. The molecule has 116 valence electrons. The van der Waals surface area contributed by atoms with Crippen LogP contribution in [0.25, 0.3) is 6.08 Å². The number of benzene rings is 1. The molecule has 1 atom stereocenters. The van der Waals surface area contributed by atoms with E-state index in [1.165, 1.54) is 16.7 Å². The summed E-state index contributed by atoms with van der Waals surface area (Å²) in [7, 11) is -0.728. The second-order valence-corrected chi connectivity index (χ2v) is 12.3. The number of H-pyrrole nitrogens is 1. The fourth-order valence-corrected chi connectivity index (χ4v) is 11.0. The molecule has 1 N–H and O–H groups in total. The average molecular weight is 430 g/mol. The zero-order chi connectivity index (χ0) is 14.3. The van der Waals surface area contributed by atoms with E-state index in [4.69, 9.17) is 0 Å². The van der Waals surface area contributed by atoms with Gasteiger partial charge in [-0.05, 0) is 0 Å². The van der Waals surface area contributed by atoms with Crippen molar-refractivity contribution in [3.8, 4) is 0 Å². The first kappa shape index (κ1) is 20.0. The van der Waals surface area contributed by atoms with Crippen LogP contribution in [0.15, 0.2) is 35.7 Å². The molecule has 1 heterocycles. The fourth-order valence-electron chi connectivity index (χ4n) is 2.90. The summed E-state index contributed by atoms with van der Waals surface area (Å²) in [5.41, 5.74) is 6.00. The molecule has 1 aliphatic rings. The predicted molar refractivity (Wildman–Crippen MR) is 85.9 cm³/mol. The number of hydrogen-bond donors (Lipinski definition) is 1. The molecule has 0 saturated heterocycles. The summed E-state index contributed by atoms with van der Waals surface area (Å²) in [4.78, 5) is 3.55. The van der Waals surface area contributed by atoms with Gasteiger partial charge in [0.2, 0.25) is 0 Å². The van der Waals surface area contributed by atoms with Crippen molar-refractivity contribution < 1.29 is 48.0 Å². The smallest absolute Gasteiger partial charge is 1.00 e. The van der Waals surface area contributed by atoms with Crippen LogP contribution in [0.5, 0.6) is 0 Å². The molecule has 1 aromatic heterocycles.